The number of carboxylic acid groups (broad SMARTS) is 2. The van der Waals surface area contributed by atoms with Crippen molar-refractivity contribution in [3.63, 3.8) is 0 Å². The van der Waals surface area contributed by atoms with E-state index in [9.17, 15) is 48.3 Å². The van der Waals surface area contributed by atoms with E-state index >= 15 is 0 Å². The molecule has 20 nitrogen and oxygen atoms in total. The summed E-state index contributed by atoms with van der Waals surface area (Å²) in [5.74, 6) is -7.64. The van der Waals surface area contributed by atoms with Crippen LogP contribution in [-0.4, -0.2) is 135 Å². The number of likely N-dealkylation sites (tertiary alicyclic amines) is 2. The second-order valence-electron chi connectivity index (χ2n) is 14.1. The van der Waals surface area contributed by atoms with Crippen LogP contribution in [0.4, 0.5) is 0 Å². The predicted octanol–water partition coefficient (Wildman–Crippen LogP) is -2.75. The smallest absolute Gasteiger partial charge is 0.326 e. The molecule has 0 unspecified atom stereocenters. The van der Waals surface area contributed by atoms with Gasteiger partial charge < -0.3 is 58.5 Å². The number of nitrogens with zero attached hydrogens (tertiary/aromatic N) is 2. The molecule has 0 bridgehead atoms. The van der Waals surface area contributed by atoms with Crippen LogP contribution in [0.3, 0.4) is 0 Å². The highest BCUT2D eigenvalue weighted by molar-refractivity contribution is 5.97. The Morgan fingerprint density at radius 2 is 1.28 bits per heavy atom. The Morgan fingerprint density at radius 3 is 1.80 bits per heavy atom. The molecule has 12 N–H and O–H groups in total. The SMILES string of the molecule is CC(C)[C@H](NC(=O)[C@@H]1CCCN1C(=O)[C@@H](N)CCC(=O)O)C(=O)N1CCC[C@@H]1C(=O)N[C@@H](CCC(N)=O)C(=O)N[C@@H](C)C(=O)N[C@@H](CCCCN)C(=O)O. The Labute approximate surface area is 314 Å². The molecule has 2 fully saturated rings. The average molecular weight is 768 g/mol. The Morgan fingerprint density at radius 1 is 0.704 bits per heavy atom. The highest BCUT2D eigenvalue weighted by Gasteiger charge is 2.42. The minimum Gasteiger partial charge on any atom is -0.481 e. The molecular weight excluding hydrogens is 710 g/mol. The van der Waals surface area contributed by atoms with E-state index in [4.69, 9.17) is 22.3 Å². The fourth-order valence-electron chi connectivity index (χ4n) is 6.41. The first-order chi connectivity index (χ1) is 25.4. The van der Waals surface area contributed by atoms with Gasteiger partial charge in [0.15, 0.2) is 0 Å². The molecule has 2 rings (SSSR count). The van der Waals surface area contributed by atoms with E-state index in [0.717, 1.165) is 0 Å². The molecule has 54 heavy (non-hydrogen) atoms. The molecule has 0 spiro atoms. The van der Waals surface area contributed by atoms with Gasteiger partial charge in [-0.05, 0) is 77.2 Å². The average Bonchev–Trinajstić information content (AvgIpc) is 3.80. The molecule has 7 amide bonds. The minimum atomic E-state index is -1.36. The van der Waals surface area contributed by atoms with Crippen molar-refractivity contribution in [1.29, 1.82) is 0 Å². The molecular formula is C34H57N9O11. The van der Waals surface area contributed by atoms with E-state index in [0.29, 0.717) is 38.6 Å². The fraction of sp³-hybridized carbons (Fsp3) is 0.735. The third kappa shape index (κ3) is 13.5. The Balaban J connectivity index is 2.14. The highest BCUT2D eigenvalue weighted by atomic mass is 16.4. The number of hydrogen-bond acceptors (Lipinski definition) is 11. The van der Waals surface area contributed by atoms with Gasteiger partial charge in [-0.2, -0.15) is 0 Å². The van der Waals surface area contributed by atoms with E-state index < -0.39 is 101 Å². The largest absolute Gasteiger partial charge is 0.481 e. The van der Waals surface area contributed by atoms with Crippen molar-refractivity contribution >= 4 is 53.3 Å². The van der Waals surface area contributed by atoms with E-state index in [1.54, 1.807) is 13.8 Å². The maximum Gasteiger partial charge on any atom is 0.326 e. The monoisotopic (exact) mass is 767 g/mol. The molecule has 0 aromatic heterocycles. The molecule has 304 valence electrons. The summed E-state index contributed by atoms with van der Waals surface area (Å²) in [6.45, 7) is 5.48. The van der Waals surface area contributed by atoms with Gasteiger partial charge in [-0.1, -0.05) is 13.8 Å². The number of carbonyl (C=O) groups is 9. The van der Waals surface area contributed by atoms with E-state index in [2.05, 4.69) is 21.3 Å². The van der Waals surface area contributed by atoms with Crippen LogP contribution in [0.5, 0.6) is 0 Å². The van der Waals surface area contributed by atoms with Crippen LogP contribution in [0.15, 0.2) is 0 Å². The topological polar surface area (TPSA) is 327 Å². The molecule has 0 aromatic carbocycles. The van der Waals surface area contributed by atoms with Crippen molar-refractivity contribution in [2.45, 2.75) is 134 Å². The van der Waals surface area contributed by atoms with Gasteiger partial charge in [0.05, 0.1) is 6.04 Å². The van der Waals surface area contributed by atoms with Gasteiger partial charge in [0.25, 0.3) is 0 Å². The number of primary amides is 1. The van der Waals surface area contributed by atoms with Crippen LogP contribution in [0, 0.1) is 5.92 Å². The maximum absolute atomic E-state index is 13.9. The summed E-state index contributed by atoms with van der Waals surface area (Å²) in [4.78, 5) is 117. The number of aliphatic carboxylic acids is 2. The number of nitrogens with one attached hydrogen (secondary N) is 4. The van der Waals surface area contributed by atoms with Crippen molar-refractivity contribution in [3.05, 3.63) is 0 Å². The number of hydrogen-bond donors (Lipinski definition) is 9. The van der Waals surface area contributed by atoms with E-state index in [1.165, 1.54) is 16.7 Å². The molecule has 2 heterocycles. The Hall–Kier alpha value is -4.85. The van der Waals surface area contributed by atoms with Crippen LogP contribution in [0.25, 0.3) is 0 Å². The van der Waals surface area contributed by atoms with Crippen molar-refractivity contribution in [3.8, 4) is 0 Å². The lowest BCUT2D eigenvalue weighted by Crippen LogP contribution is -2.60. The van der Waals surface area contributed by atoms with Gasteiger partial charge in [0, 0.05) is 25.9 Å². The third-order valence-corrected chi connectivity index (χ3v) is 9.52. The number of rotatable bonds is 22. The van der Waals surface area contributed by atoms with Crippen molar-refractivity contribution < 1.29 is 53.4 Å². The quantitative estimate of drug-likeness (QED) is 0.0506. The molecule has 0 saturated carbocycles. The van der Waals surface area contributed by atoms with Crippen LogP contribution in [-0.2, 0) is 43.2 Å². The van der Waals surface area contributed by atoms with Crippen LogP contribution < -0.4 is 38.5 Å². The summed E-state index contributed by atoms with van der Waals surface area (Å²) in [5.41, 5.74) is 16.7. The summed E-state index contributed by atoms with van der Waals surface area (Å²) in [6.07, 6.45) is 1.62. The summed E-state index contributed by atoms with van der Waals surface area (Å²) >= 11 is 0. The fourth-order valence-corrected chi connectivity index (χ4v) is 6.41. The molecule has 20 heteroatoms. The van der Waals surface area contributed by atoms with Crippen molar-refractivity contribution in [1.82, 2.24) is 31.1 Å². The molecule has 7 atom stereocenters. The summed E-state index contributed by atoms with van der Waals surface area (Å²) in [6, 6.07) is -7.99. The number of carbonyl (C=O) groups excluding carboxylic acids is 7. The lowest BCUT2D eigenvalue weighted by molar-refractivity contribution is -0.145. The number of nitrogens with two attached hydrogens (primary N) is 3. The molecule has 2 aliphatic rings. The molecule has 2 saturated heterocycles. The first-order valence-electron chi connectivity index (χ1n) is 18.4. The summed E-state index contributed by atoms with van der Waals surface area (Å²) in [7, 11) is 0. The first kappa shape index (κ1) is 45.3. The van der Waals surface area contributed by atoms with Crippen LogP contribution in [0.1, 0.15) is 91.4 Å². The second-order valence-corrected chi connectivity index (χ2v) is 14.1. The first-order valence-corrected chi connectivity index (χ1v) is 18.4. The van der Waals surface area contributed by atoms with Crippen molar-refractivity contribution in [2.24, 2.45) is 23.1 Å². The van der Waals surface area contributed by atoms with Gasteiger partial charge in [-0.25, -0.2) is 4.79 Å². The summed E-state index contributed by atoms with van der Waals surface area (Å²) in [5, 5.41) is 28.6. The van der Waals surface area contributed by atoms with E-state index in [-0.39, 0.29) is 51.6 Å². The molecule has 2 aliphatic heterocycles. The lowest BCUT2D eigenvalue weighted by atomic mass is 10.0. The predicted molar refractivity (Wildman–Crippen MR) is 192 cm³/mol. The maximum atomic E-state index is 13.9. The van der Waals surface area contributed by atoms with Gasteiger partial charge in [0.1, 0.15) is 36.3 Å². The van der Waals surface area contributed by atoms with Gasteiger partial charge in [-0.3, -0.25) is 38.4 Å². The van der Waals surface area contributed by atoms with Gasteiger partial charge >= 0.3 is 11.9 Å². The third-order valence-electron chi connectivity index (χ3n) is 9.52. The second kappa shape index (κ2) is 21.8. The molecule has 0 aromatic rings. The number of carboxylic acids is 2. The standard InChI is InChI=1S/C34H57N9O11/c1-18(2)27(41-31(50)24-10-6-16-42(24)32(51)20(36)11-14-26(45)46)33(52)43-17-7-9-23(43)30(49)39-21(12-13-25(37)44)29(48)38-19(3)28(47)40-22(34(53)54)8-4-5-15-35/h18-24,27H,4-17,35-36H2,1-3H3,(H2,37,44)(H,38,48)(H,39,49)(H,40,47)(H,41,50)(H,45,46)(H,53,54)/t19-,20-,21-,22-,23+,24-,27-/m0/s1. The van der Waals surface area contributed by atoms with Gasteiger partial charge in [-0.15, -0.1) is 0 Å². The van der Waals surface area contributed by atoms with Crippen LogP contribution >= 0.6 is 0 Å². The highest BCUT2D eigenvalue weighted by Crippen LogP contribution is 2.23. The lowest BCUT2D eigenvalue weighted by Gasteiger charge is -2.33. The zero-order chi connectivity index (χ0) is 40.7. The Kier molecular flexibility index (Phi) is 18.3. The Bertz CT molecular complexity index is 1390. The van der Waals surface area contributed by atoms with Gasteiger partial charge in [0.2, 0.25) is 41.4 Å². The molecule has 0 aliphatic carbocycles. The number of amides is 7. The normalized spacial score (nSPS) is 19.6. The minimum absolute atomic E-state index is 0.104. The molecule has 0 radical (unpaired) electrons. The van der Waals surface area contributed by atoms with E-state index in [1.807, 2.05) is 0 Å². The number of unbranched alkanes of at least 4 members (excludes halogenated alkanes) is 1. The summed E-state index contributed by atoms with van der Waals surface area (Å²) < 4.78 is 0. The zero-order valence-electron chi connectivity index (χ0n) is 31.2. The zero-order valence-corrected chi connectivity index (χ0v) is 31.2. The van der Waals surface area contributed by atoms with Crippen molar-refractivity contribution in [2.75, 3.05) is 19.6 Å². The van der Waals surface area contributed by atoms with Crippen LogP contribution in [0.2, 0.25) is 0 Å².